The number of esters is 1. The molecule has 0 aliphatic heterocycles. The van der Waals surface area contributed by atoms with E-state index < -0.39 is 5.97 Å². The SMILES string of the molecule is COC(=O)CN(C(=O)c1ccc(OC)nc1)C(C)C. The molecule has 0 saturated heterocycles. The van der Waals surface area contributed by atoms with Gasteiger partial charge >= 0.3 is 5.97 Å². The van der Waals surface area contributed by atoms with E-state index in [1.807, 2.05) is 13.8 Å². The van der Waals surface area contributed by atoms with Gasteiger partial charge in [-0.05, 0) is 19.9 Å². The Labute approximate surface area is 112 Å². The van der Waals surface area contributed by atoms with Crippen LogP contribution in [0.25, 0.3) is 0 Å². The molecule has 6 nitrogen and oxygen atoms in total. The molecule has 1 aromatic heterocycles. The van der Waals surface area contributed by atoms with E-state index in [1.54, 1.807) is 12.1 Å². The van der Waals surface area contributed by atoms with Gasteiger partial charge in [-0.2, -0.15) is 0 Å². The number of aromatic nitrogens is 1. The summed E-state index contributed by atoms with van der Waals surface area (Å²) in [5.74, 6) is -0.292. The highest BCUT2D eigenvalue weighted by atomic mass is 16.5. The first-order chi connectivity index (χ1) is 8.99. The quantitative estimate of drug-likeness (QED) is 0.747. The second-order valence-electron chi connectivity index (χ2n) is 4.19. The highest BCUT2D eigenvalue weighted by molar-refractivity contribution is 5.95. The van der Waals surface area contributed by atoms with Gasteiger partial charge in [0, 0.05) is 18.3 Å². The maximum absolute atomic E-state index is 12.3. The predicted octanol–water partition coefficient (Wildman–Crippen LogP) is 1.11. The van der Waals surface area contributed by atoms with Crippen LogP contribution in [-0.4, -0.2) is 48.6 Å². The topological polar surface area (TPSA) is 68.7 Å². The number of amides is 1. The van der Waals surface area contributed by atoms with Crippen molar-refractivity contribution in [1.82, 2.24) is 9.88 Å². The summed E-state index contributed by atoms with van der Waals surface area (Å²) >= 11 is 0. The summed E-state index contributed by atoms with van der Waals surface area (Å²) in [6, 6.07) is 3.10. The lowest BCUT2D eigenvalue weighted by Gasteiger charge is -2.25. The van der Waals surface area contributed by atoms with Crippen molar-refractivity contribution < 1.29 is 19.1 Å². The molecule has 0 radical (unpaired) electrons. The monoisotopic (exact) mass is 266 g/mol. The third kappa shape index (κ3) is 3.94. The molecule has 6 heteroatoms. The van der Waals surface area contributed by atoms with Crippen LogP contribution in [0.2, 0.25) is 0 Å². The van der Waals surface area contributed by atoms with Gasteiger partial charge in [-0.25, -0.2) is 4.98 Å². The van der Waals surface area contributed by atoms with Crippen LogP contribution in [0.15, 0.2) is 18.3 Å². The number of hydrogen-bond donors (Lipinski definition) is 0. The zero-order valence-electron chi connectivity index (χ0n) is 11.5. The Hall–Kier alpha value is -2.11. The van der Waals surface area contributed by atoms with Crippen molar-refractivity contribution in [3.05, 3.63) is 23.9 Å². The molecular formula is C13H18N2O4. The summed E-state index contributed by atoms with van der Waals surface area (Å²) in [6.45, 7) is 3.58. The second-order valence-corrected chi connectivity index (χ2v) is 4.19. The Morgan fingerprint density at radius 1 is 1.32 bits per heavy atom. The van der Waals surface area contributed by atoms with Crippen LogP contribution in [0.3, 0.4) is 0 Å². The number of nitrogens with zero attached hydrogens (tertiary/aromatic N) is 2. The molecule has 0 fully saturated rings. The molecule has 104 valence electrons. The normalized spacial score (nSPS) is 10.2. The van der Waals surface area contributed by atoms with Crippen LogP contribution in [0, 0.1) is 0 Å². The second kappa shape index (κ2) is 6.72. The molecule has 19 heavy (non-hydrogen) atoms. The van der Waals surface area contributed by atoms with E-state index in [1.165, 1.54) is 25.3 Å². The largest absolute Gasteiger partial charge is 0.481 e. The van der Waals surface area contributed by atoms with Crippen LogP contribution >= 0.6 is 0 Å². The first kappa shape index (κ1) is 14.9. The number of pyridine rings is 1. The van der Waals surface area contributed by atoms with E-state index >= 15 is 0 Å². The number of hydrogen-bond acceptors (Lipinski definition) is 5. The Balaban J connectivity index is 2.89. The number of methoxy groups -OCH3 is 2. The minimum atomic E-state index is -0.455. The van der Waals surface area contributed by atoms with E-state index in [9.17, 15) is 9.59 Å². The van der Waals surface area contributed by atoms with Crippen LogP contribution < -0.4 is 4.74 Å². The molecular weight excluding hydrogens is 248 g/mol. The fourth-order valence-electron chi connectivity index (χ4n) is 1.49. The number of rotatable bonds is 5. The van der Waals surface area contributed by atoms with E-state index in [0.717, 1.165) is 0 Å². The highest BCUT2D eigenvalue weighted by Crippen LogP contribution is 2.11. The number of carbonyl (C=O) groups is 2. The Kier molecular flexibility index (Phi) is 5.29. The van der Waals surface area contributed by atoms with Crippen molar-refractivity contribution in [3.63, 3.8) is 0 Å². The summed E-state index contributed by atoms with van der Waals surface area (Å²) < 4.78 is 9.51. The summed E-state index contributed by atoms with van der Waals surface area (Å²) in [5.41, 5.74) is 0.401. The molecule has 1 amide bonds. The van der Waals surface area contributed by atoms with Gasteiger partial charge < -0.3 is 14.4 Å². The van der Waals surface area contributed by atoms with Crippen molar-refractivity contribution in [2.75, 3.05) is 20.8 Å². The molecule has 0 bridgehead atoms. The smallest absolute Gasteiger partial charge is 0.325 e. The fraction of sp³-hybridized carbons (Fsp3) is 0.462. The van der Waals surface area contributed by atoms with Crippen LogP contribution in [-0.2, 0) is 9.53 Å². The van der Waals surface area contributed by atoms with Gasteiger partial charge in [0.05, 0.1) is 19.8 Å². The molecule has 0 N–H and O–H groups in total. The minimum Gasteiger partial charge on any atom is -0.481 e. The molecule has 0 aliphatic carbocycles. The van der Waals surface area contributed by atoms with Gasteiger partial charge in [0.25, 0.3) is 5.91 Å². The van der Waals surface area contributed by atoms with Crippen molar-refractivity contribution in [2.45, 2.75) is 19.9 Å². The standard InChI is InChI=1S/C13H18N2O4/c1-9(2)15(8-12(16)19-4)13(17)10-5-6-11(18-3)14-7-10/h5-7,9H,8H2,1-4H3. The van der Waals surface area contributed by atoms with Crippen molar-refractivity contribution >= 4 is 11.9 Å². The van der Waals surface area contributed by atoms with Crippen molar-refractivity contribution in [1.29, 1.82) is 0 Å². The molecule has 0 atom stereocenters. The molecule has 0 unspecified atom stereocenters. The third-order valence-electron chi connectivity index (χ3n) is 2.60. The Morgan fingerprint density at radius 3 is 2.42 bits per heavy atom. The van der Waals surface area contributed by atoms with Gasteiger partial charge in [0.15, 0.2) is 0 Å². The number of carbonyl (C=O) groups excluding carboxylic acids is 2. The van der Waals surface area contributed by atoms with E-state index in [4.69, 9.17) is 4.74 Å². The van der Waals surface area contributed by atoms with E-state index in [2.05, 4.69) is 9.72 Å². The Morgan fingerprint density at radius 2 is 2.00 bits per heavy atom. The fourth-order valence-corrected chi connectivity index (χ4v) is 1.49. The summed E-state index contributed by atoms with van der Waals surface area (Å²) in [5, 5.41) is 0. The molecule has 1 heterocycles. The van der Waals surface area contributed by atoms with Gasteiger partial charge in [0.1, 0.15) is 6.54 Å². The van der Waals surface area contributed by atoms with Crippen LogP contribution in [0.1, 0.15) is 24.2 Å². The first-order valence-corrected chi connectivity index (χ1v) is 5.87. The first-order valence-electron chi connectivity index (χ1n) is 5.87. The van der Waals surface area contributed by atoms with Gasteiger partial charge in [-0.3, -0.25) is 9.59 Å². The zero-order valence-corrected chi connectivity index (χ0v) is 11.5. The maximum atomic E-state index is 12.3. The average molecular weight is 266 g/mol. The van der Waals surface area contributed by atoms with E-state index in [0.29, 0.717) is 11.4 Å². The van der Waals surface area contributed by atoms with Crippen LogP contribution in [0.4, 0.5) is 0 Å². The lowest BCUT2D eigenvalue weighted by molar-refractivity contribution is -0.141. The molecule has 0 spiro atoms. The summed E-state index contributed by atoms with van der Waals surface area (Å²) in [7, 11) is 2.79. The molecule has 0 saturated carbocycles. The highest BCUT2D eigenvalue weighted by Gasteiger charge is 2.22. The lowest BCUT2D eigenvalue weighted by Crippen LogP contribution is -2.41. The zero-order chi connectivity index (χ0) is 14.4. The van der Waals surface area contributed by atoms with Crippen molar-refractivity contribution in [3.8, 4) is 5.88 Å². The minimum absolute atomic E-state index is 0.0843. The average Bonchev–Trinajstić information content (AvgIpc) is 2.43. The molecule has 0 aliphatic rings. The van der Waals surface area contributed by atoms with Gasteiger partial charge in [-0.15, -0.1) is 0 Å². The van der Waals surface area contributed by atoms with Crippen molar-refractivity contribution in [2.24, 2.45) is 0 Å². The maximum Gasteiger partial charge on any atom is 0.325 e. The summed E-state index contributed by atoms with van der Waals surface area (Å²) in [6.07, 6.45) is 1.42. The third-order valence-corrected chi connectivity index (χ3v) is 2.60. The Bertz CT molecular complexity index is 442. The molecule has 0 aromatic carbocycles. The summed E-state index contributed by atoms with van der Waals surface area (Å²) in [4.78, 5) is 29.0. The lowest BCUT2D eigenvalue weighted by atomic mass is 10.2. The number of ether oxygens (including phenoxy) is 2. The molecule has 1 aromatic rings. The van der Waals surface area contributed by atoms with Crippen LogP contribution in [0.5, 0.6) is 5.88 Å². The van der Waals surface area contributed by atoms with Gasteiger partial charge in [-0.1, -0.05) is 0 Å². The predicted molar refractivity (Wildman–Crippen MR) is 69.0 cm³/mol. The van der Waals surface area contributed by atoms with E-state index in [-0.39, 0.29) is 18.5 Å². The molecule has 1 rings (SSSR count). The van der Waals surface area contributed by atoms with Gasteiger partial charge in [0.2, 0.25) is 5.88 Å².